The molecule has 24 aromatic rings. The van der Waals surface area contributed by atoms with Crippen LogP contribution in [-0.4, -0.2) is 32.3 Å². The maximum absolute atomic E-state index is 6.57. The Hall–Kier alpha value is -15.5. The fourth-order valence-corrected chi connectivity index (χ4v) is 44.5. The molecule has 0 radical (unpaired) electrons. The van der Waals surface area contributed by atoms with E-state index in [9.17, 15) is 0 Å². The molecule has 0 N–H and O–H groups in total. The predicted octanol–water partition coefficient (Wildman–Crippen LogP) is 21.0. The zero-order valence-electron chi connectivity index (χ0n) is 73.5. The van der Waals surface area contributed by atoms with Crippen molar-refractivity contribution in [3.05, 3.63) is 483 Å². The Morgan fingerprint density at radius 2 is 0.447 bits per heavy atom. The van der Waals surface area contributed by atoms with Gasteiger partial charge in [0.1, 0.15) is 44.7 Å². The van der Waals surface area contributed by atoms with Crippen LogP contribution in [0.1, 0.15) is 22.3 Å². The molecular weight excluding hydrogens is 1670 g/mol. The summed E-state index contributed by atoms with van der Waals surface area (Å²) in [6, 6.07) is 169. The minimum absolute atomic E-state index is 0.951. The van der Waals surface area contributed by atoms with E-state index in [0.29, 0.717) is 0 Å². The summed E-state index contributed by atoms with van der Waals surface area (Å²) >= 11 is 0. The van der Waals surface area contributed by atoms with Crippen LogP contribution in [0.25, 0.3) is 132 Å². The number of aryl methyl sites for hydroxylation is 4. The van der Waals surface area contributed by atoms with E-state index in [1.165, 1.54) is 193 Å². The van der Waals surface area contributed by atoms with Gasteiger partial charge in [-0.3, -0.25) is 0 Å². The van der Waals surface area contributed by atoms with Crippen molar-refractivity contribution in [2.24, 2.45) is 0 Å². The summed E-state index contributed by atoms with van der Waals surface area (Å²) in [6.07, 6.45) is 0. The fourth-order valence-electron chi connectivity index (χ4n) is 23.6. The topological polar surface area (TPSA) is 52.6 Å². The molecule has 4 aromatic heterocycles. The molecule has 132 heavy (non-hydrogen) atoms. The van der Waals surface area contributed by atoms with E-state index < -0.39 is 32.3 Å². The van der Waals surface area contributed by atoms with Crippen LogP contribution in [0.15, 0.2) is 479 Å². The number of para-hydroxylation sites is 4. The number of rotatable bonds is 8. The highest BCUT2D eigenvalue weighted by molar-refractivity contribution is 7.24. The van der Waals surface area contributed by atoms with Gasteiger partial charge in [0.05, 0.1) is 0 Å². The molecule has 0 spiro atoms. The Labute approximate surface area is 770 Å². The minimum atomic E-state index is -2.48. The van der Waals surface area contributed by atoms with E-state index in [1.807, 2.05) is 6.07 Å². The molecule has 0 bridgehead atoms. The Balaban J connectivity index is 0.0000000945. The van der Waals surface area contributed by atoms with Gasteiger partial charge in [0.15, 0.2) is 32.3 Å². The Bertz CT molecular complexity index is 8560. The summed E-state index contributed by atoms with van der Waals surface area (Å²) in [7, 11) is -9.92. The monoisotopic (exact) mass is 1750 g/mol. The van der Waals surface area contributed by atoms with Crippen LogP contribution in [-0.2, 0) is 0 Å². The van der Waals surface area contributed by atoms with Crippen molar-refractivity contribution >= 4 is 203 Å². The molecule has 0 saturated heterocycles. The number of benzene rings is 20. The maximum Gasteiger partial charge on any atom is 0.181 e. The average molecular weight is 1750 g/mol. The second kappa shape index (κ2) is 31.1. The molecule has 2 unspecified atom stereocenters. The van der Waals surface area contributed by atoms with Crippen LogP contribution in [0.2, 0.25) is 0 Å². The van der Waals surface area contributed by atoms with Crippen molar-refractivity contribution in [3.8, 4) is 44.5 Å². The SMILES string of the molecule is Cc1cc2c(c3c1oc1ccccc13)-c1ccccc1[Si]2(c1ccccc1)c1ccccc1.Cc1ccc([Si]2(c3ccccc3)c3ccccc3-c3c2ccc2c3oc3ccccc32)cc1.Cc1ccc2c(c1)[Si](c1ccccc1)(c1ccccc1)c1ccc3c(oc4ccccc43)c1-2.Cc1cccc([Si]2(c3ccccc3)c3ccccc3-c3c2ccc2c3oc3ccccc32)c1. The van der Waals surface area contributed by atoms with Crippen LogP contribution in [0.4, 0.5) is 0 Å². The van der Waals surface area contributed by atoms with E-state index in [1.54, 1.807) is 0 Å². The average Bonchev–Trinajstić information content (AvgIpc) is 1.52. The highest BCUT2D eigenvalue weighted by Gasteiger charge is 2.54. The van der Waals surface area contributed by atoms with Gasteiger partial charge in [-0.15, -0.1) is 0 Å². The van der Waals surface area contributed by atoms with Gasteiger partial charge in [-0.25, -0.2) is 0 Å². The van der Waals surface area contributed by atoms with Crippen molar-refractivity contribution in [2.75, 3.05) is 0 Å². The smallest absolute Gasteiger partial charge is 0.181 e. The van der Waals surface area contributed by atoms with Gasteiger partial charge in [-0.2, -0.15) is 0 Å². The molecule has 28 rings (SSSR count). The summed E-state index contributed by atoms with van der Waals surface area (Å²) < 4.78 is 26.1. The minimum Gasteiger partial charge on any atom is -0.456 e. The third-order valence-electron chi connectivity index (χ3n) is 28.9. The van der Waals surface area contributed by atoms with Gasteiger partial charge in [0, 0.05) is 59.8 Å². The Morgan fingerprint density at radius 3 is 0.848 bits per heavy atom. The summed E-state index contributed by atoms with van der Waals surface area (Å²) in [5.41, 5.74) is 23.4. The quantitative estimate of drug-likeness (QED) is 0.142. The molecule has 624 valence electrons. The van der Waals surface area contributed by atoms with E-state index >= 15 is 0 Å². The lowest BCUT2D eigenvalue weighted by atomic mass is 9.98. The third-order valence-corrected chi connectivity index (χ3v) is 48.3. The summed E-state index contributed by atoms with van der Waals surface area (Å²) in [5.74, 6) is 0. The Kier molecular flexibility index (Phi) is 18.6. The molecule has 8 heterocycles. The molecule has 4 nitrogen and oxygen atoms in total. The normalized spacial score (nSPS) is 15.3. The molecule has 2 atom stereocenters. The largest absolute Gasteiger partial charge is 0.456 e. The standard InChI is InChI=1S/4C31H22OSi/c1-21-20-28-29(30-24-16-8-10-18-26(24)32-31(21)30)25-17-9-11-19-27(25)33(28,22-12-4-2-5-13-22)23-14-6-3-7-15-23;1-21-16-17-26-29(20-21)33(22-10-4-2-5-11-22,23-12-6-3-7-13-23)28-19-18-25-24-14-8-9-15-27(24)32-31(25)30(26)28;1-21-10-9-13-23(20-21)33(22-11-3-2-4-12-22)28-17-8-6-15-26(28)30-29(33)19-18-25-24-14-5-7-16-27(24)32-31(25)30;1-21-15-17-23(18-16-21)33(22-9-3-2-4-10-22)28-14-8-6-12-26(28)30-29(33)20-19-25-24-11-5-7-13-27(24)32-31(25)30/h4*2-20H,1H3. The van der Waals surface area contributed by atoms with Crippen molar-refractivity contribution in [1.82, 2.24) is 0 Å². The zero-order chi connectivity index (χ0) is 88.0. The molecule has 4 aliphatic heterocycles. The Morgan fingerprint density at radius 1 is 0.159 bits per heavy atom. The molecule has 0 aliphatic carbocycles. The van der Waals surface area contributed by atoms with Crippen molar-refractivity contribution in [3.63, 3.8) is 0 Å². The molecule has 0 saturated carbocycles. The molecular formula is C124H88O4Si4. The molecule has 4 aliphatic rings. The highest BCUT2D eigenvalue weighted by atomic mass is 28.3. The van der Waals surface area contributed by atoms with Crippen LogP contribution in [0.5, 0.6) is 0 Å². The van der Waals surface area contributed by atoms with E-state index in [2.05, 4.69) is 483 Å². The molecule has 20 aromatic carbocycles. The summed E-state index contributed by atoms with van der Waals surface area (Å²) in [5, 5.41) is 32.5. The lowest BCUT2D eigenvalue weighted by Gasteiger charge is -2.31. The summed E-state index contributed by atoms with van der Waals surface area (Å²) in [6.45, 7) is 8.76. The van der Waals surface area contributed by atoms with Crippen molar-refractivity contribution in [2.45, 2.75) is 27.7 Å². The first-order valence-electron chi connectivity index (χ1n) is 45.8. The number of hydrogen-bond donors (Lipinski definition) is 0. The van der Waals surface area contributed by atoms with Gasteiger partial charge in [0.25, 0.3) is 0 Å². The van der Waals surface area contributed by atoms with E-state index in [0.717, 1.165) is 44.7 Å². The first-order chi connectivity index (χ1) is 65.1. The fraction of sp³-hybridized carbons (Fsp3) is 0.0323. The first-order valence-corrected chi connectivity index (χ1v) is 53.8. The van der Waals surface area contributed by atoms with Gasteiger partial charge in [0.2, 0.25) is 0 Å². The van der Waals surface area contributed by atoms with Gasteiger partial charge < -0.3 is 17.7 Å². The molecule has 0 amide bonds. The lowest BCUT2D eigenvalue weighted by Crippen LogP contribution is -2.72. The van der Waals surface area contributed by atoms with E-state index in [-0.39, 0.29) is 0 Å². The van der Waals surface area contributed by atoms with Crippen LogP contribution < -0.4 is 83.0 Å². The van der Waals surface area contributed by atoms with Gasteiger partial charge in [-0.05, 0) is 168 Å². The predicted molar refractivity (Wildman–Crippen MR) is 564 cm³/mol. The third kappa shape index (κ3) is 11.5. The lowest BCUT2D eigenvalue weighted by molar-refractivity contribution is 0.666. The van der Waals surface area contributed by atoms with Gasteiger partial charge >= 0.3 is 0 Å². The second-order valence-electron chi connectivity index (χ2n) is 35.9. The number of fused-ring (bicyclic) bond motifs is 28. The zero-order valence-corrected chi connectivity index (χ0v) is 77.5. The molecule has 8 heteroatoms. The van der Waals surface area contributed by atoms with Crippen LogP contribution in [0, 0.1) is 27.7 Å². The maximum atomic E-state index is 6.57. The van der Waals surface area contributed by atoms with E-state index in [4.69, 9.17) is 17.7 Å². The number of hydrogen-bond acceptors (Lipinski definition) is 4. The van der Waals surface area contributed by atoms with Crippen LogP contribution >= 0.6 is 0 Å². The van der Waals surface area contributed by atoms with Crippen molar-refractivity contribution < 1.29 is 17.7 Å². The first kappa shape index (κ1) is 78.7. The molecule has 0 fully saturated rings. The second-order valence-corrected chi connectivity index (χ2v) is 50.9. The van der Waals surface area contributed by atoms with Crippen LogP contribution in [0.3, 0.4) is 0 Å². The highest BCUT2D eigenvalue weighted by Crippen LogP contribution is 2.46. The van der Waals surface area contributed by atoms with Gasteiger partial charge in [-0.1, -0.05) is 453 Å². The van der Waals surface area contributed by atoms with Crippen molar-refractivity contribution in [1.29, 1.82) is 0 Å². The summed E-state index contributed by atoms with van der Waals surface area (Å²) in [4.78, 5) is 0. The number of furan rings is 4.